The van der Waals surface area contributed by atoms with Crippen molar-refractivity contribution < 1.29 is 8.42 Å². The maximum Gasteiger partial charge on any atom is 0.243 e. The average molecular weight is 375 g/mol. The number of rotatable bonds is 4. The van der Waals surface area contributed by atoms with Crippen LogP contribution in [0.15, 0.2) is 59.6 Å². The van der Waals surface area contributed by atoms with Crippen molar-refractivity contribution in [3.05, 3.63) is 65.3 Å². The fourth-order valence-electron chi connectivity index (χ4n) is 3.63. The van der Waals surface area contributed by atoms with Gasteiger partial charge in [-0.05, 0) is 55.2 Å². The number of hydrogen-bond acceptors (Lipinski definition) is 2. The molecule has 1 unspecified atom stereocenters. The Morgan fingerprint density at radius 3 is 2.68 bits per heavy atom. The number of nitrogens with one attached hydrogen (secondary N) is 1. The molecule has 1 aromatic heterocycles. The average Bonchev–Trinajstić information content (AvgIpc) is 3.24. The number of hydrogen-bond donors (Lipinski definition) is 1. The zero-order chi connectivity index (χ0) is 17.4. The fraction of sp³-hybridized carbons (Fsp3) is 0.263. The maximum atomic E-state index is 13.0. The lowest BCUT2D eigenvalue weighted by molar-refractivity contribution is 0.386. The van der Waals surface area contributed by atoms with Gasteiger partial charge >= 0.3 is 0 Å². The Morgan fingerprint density at radius 2 is 1.88 bits per heavy atom. The normalized spacial score (nSPS) is 18.8. The van der Waals surface area contributed by atoms with E-state index in [9.17, 15) is 8.42 Å². The number of benzene rings is 2. The summed E-state index contributed by atoms with van der Waals surface area (Å²) < 4.78 is 27.7. The van der Waals surface area contributed by atoms with Gasteiger partial charge in [0.05, 0.1) is 4.90 Å². The van der Waals surface area contributed by atoms with Crippen LogP contribution in [0, 0.1) is 0 Å². The molecular weight excluding hydrogens is 356 g/mol. The summed E-state index contributed by atoms with van der Waals surface area (Å²) >= 11 is 5.89. The highest BCUT2D eigenvalue weighted by Gasteiger charge is 2.35. The Balaban J connectivity index is 1.63. The highest BCUT2D eigenvalue weighted by molar-refractivity contribution is 7.89. The summed E-state index contributed by atoms with van der Waals surface area (Å²) in [6.45, 7) is 0.567. The molecule has 6 heteroatoms. The molecule has 1 fully saturated rings. The van der Waals surface area contributed by atoms with E-state index in [1.807, 2.05) is 24.4 Å². The number of H-pyrrole nitrogens is 1. The first-order chi connectivity index (χ1) is 12.1. The second kappa shape index (κ2) is 6.48. The van der Waals surface area contributed by atoms with Crippen LogP contribution in [-0.4, -0.2) is 30.3 Å². The first kappa shape index (κ1) is 16.6. The summed E-state index contributed by atoms with van der Waals surface area (Å²) in [6, 6.07) is 14.5. The molecule has 1 aliphatic heterocycles. The third-order valence-corrected chi connectivity index (χ3v) is 7.09. The van der Waals surface area contributed by atoms with E-state index in [2.05, 4.69) is 11.1 Å². The molecule has 1 atom stereocenters. The van der Waals surface area contributed by atoms with Crippen molar-refractivity contribution in [1.29, 1.82) is 0 Å². The number of fused-ring (bicyclic) bond motifs is 1. The molecule has 1 N–H and O–H groups in total. The van der Waals surface area contributed by atoms with E-state index in [0.29, 0.717) is 16.5 Å². The summed E-state index contributed by atoms with van der Waals surface area (Å²) in [4.78, 5) is 3.58. The van der Waals surface area contributed by atoms with Gasteiger partial charge in [0.2, 0.25) is 10.0 Å². The molecule has 130 valence electrons. The summed E-state index contributed by atoms with van der Waals surface area (Å²) in [7, 11) is -3.50. The molecule has 0 radical (unpaired) electrons. The summed E-state index contributed by atoms with van der Waals surface area (Å²) in [5.74, 6) is 0. The minimum Gasteiger partial charge on any atom is -0.361 e. The van der Waals surface area contributed by atoms with Crippen LogP contribution in [0.5, 0.6) is 0 Å². The number of sulfonamides is 1. The lowest BCUT2D eigenvalue weighted by atomic mass is 10.0. The van der Waals surface area contributed by atoms with Crippen LogP contribution < -0.4 is 0 Å². The number of aromatic nitrogens is 1. The largest absolute Gasteiger partial charge is 0.361 e. The van der Waals surface area contributed by atoms with Crippen LogP contribution in [0.2, 0.25) is 5.02 Å². The molecule has 0 bridgehead atoms. The third-order valence-electron chi connectivity index (χ3n) is 4.87. The Morgan fingerprint density at radius 1 is 1.12 bits per heavy atom. The number of para-hydroxylation sites is 1. The van der Waals surface area contributed by atoms with Crippen LogP contribution in [-0.2, 0) is 16.4 Å². The van der Waals surface area contributed by atoms with Gasteiger partial charge in [-0.2, -0.15) is 4.31 Å². The van der Waals surface area contributed by atoms with Crippen molar-refractivity contribution in [1.82, 2.24) is 9.29 Å². The Kier molecular flexibility index (Phi) is 4.31. The van der Waals surface area contributed by atoms with Crippen LogP contribution in [0.1, 0.15) is 18.4 Å². The highest BCUT2D eigenvalue weighted by atomic mass is 35.5. The quantitative estimate of drug-likeness (QED) is 0.743. The number of nitrogens with zero attached hydrogens (tertiary/aromatic N) is 1. The maximum absolute atomic E-state index is 13.0. The molecular formula is C19H19ClN2O2S. The standard InChI is InChI=1S/C19H19ClN2O2S/c20-15-7-9-17(10-8-15)25(23,24)22-11-3-4-16(22)12-14-13-21-19-6-2-1-5-18(14)19/h1-2,5-10,13,16,21H,3-4,11-12H2. The van der Waals surface area contributed by atoms with Gasteiger partial charge in [0.25, 0.3) is 0 Å². The fourth-order valence-corrected chi connectivity index (χ4v) is 5.44. The molecule has 1 aliphatic rings. The molecule has 4 nitrogen and oxygen atoms in total. The highest BCUT2D eigenvalue weighted by Crippen LogP contribution is 2.30. The lowest BCUT2D eigenvalue weighted by Gasteiger charge is -2.24. The van der Waals surface area contributed by atoms with Gasteiger partial charge in [0.1, 0.15) is 0 Å². The molecule has 2 heterocycles. The van der Waals surface area contributed by atoms with E-state index < -0.39 is 10.0 Å². The lowest BCUT2D eigenvalue weighted by Crippen LogP contribution is -2.36. The molecule has 3 aromatic rings. The first-order valence-corrected chi connectivity index (χ1v) is 10.2. The second-order valence-electron chi connectivity index (χ2n) is 6.43. The van der Waals surface area contributed by atoms with E-state index in [1.165, 1.54) is 10.9 Å². The van der Waals surface area contributed by atoms with Crippen molar-refractivity contribution in [2.45, 2.75) is 30.2 Å². The predicted octanol–water partition coefficient (Wildman–Crippen LogP) is 4.22. The van der Waals surface area contributed by atoms with E-state index >= 15 is 0 Å². The van der Waals surface area contributed by atoms with Crippen LogP contribution >= 0.6 is 11.6 Å². The van der Waals surface area contributed by atoms with E-state index in [4.69, 9.17) is 11.6 Å². The van der Waals surface area contributed by atoms with Crippen molar-refractivity contribution in [2.24, 2.45) is 0 Å². The minimum atomic E-state index is -3.50. The van der Waals surface area contributed by atoms with Gasteiger partial charge < -0.3 is 4.98 Å². The molecule has 0 amide bonds. The minimum absolute atomic E-state index is 0.0140. The summed E-state index contributed by atoms with van der Waals surface area (Å²) in [5, 5.41) is 1.70. The molecule has 2 aromatic carbocycles. The Labute approximate surface area is 152 Å². The SMILES string of the molecule is O=S(=O)(c1ccc(Cl)cc1)N1CCCC1Cc1c[nH]c2ccccc12. The molecule has 0 aliphatic carbocycles. The first-order valence-electron chi connectivity index (χ1n) is 8.38. The zero-order valence-corrected chi connectivity index (χ0v) is 15.2. The molecule has 4 rings (SSSR count). The molecule has 0 saturated carbocycles. The topological polar surface area (TPSA) is 53.2 Å². The van der Waals surface area contributed by atoms with E-state index in [1.54, 1.807) is 28.6 Å². The molecule has 1 saturated heterocycles. The second-order valence-corrected chi connectivity index (χ2v) is 8.76. The van der Waals surface area contributed by atoms with Gasteiger partial charge in [-0.15, -0.1) is 0 Å². The number of halogens is 1. The van der Waals surface area contributed by atoms with Gasteiger partial charge in [-0.25, -0.2) is 8.42 Å². The monoisotopic (exact) mass is 374 g/mol. The smallest absolute Gasteiger partial charge is 0.243 e. The van der Waals surface area contributed by atoms with Crippen LogP contribution in [0.4, 0.5) is 0 Å². The zero-order valence-electron chi connectivity index (χ0n) is 13.7. The third kappa shape index (κ3) is 3.08. The Hall–Kier alpha value is -1.82. The van der Waals surface area contributed by atoms with Crippen molar-refractivity contribution in [3.63, 3.8) is 0 Å². The van der Waals surface area contributed by atoms with E-state index in [0.717, 1.165) is 24.8 Å². The Bertz CT molecular complexity index is 996. The number of aromatic amines is 1. The van der Waals surface area contributed by atoms with Gasteiger partial charge in [0.15, 0.2) is 0 Å². The molecule has 25 heavy (non-hydrogen) atoms. The summed E-state index contributed by atoms with van der Waals surface area (Å²) in [5.41, 5.74) is 2.25. The van der Waals surface area contributed by atoms with Gasteiger partial charge in [0, 0.05) is 34.7 Å². The van der Waals surface area contributed by atoms with Crippen molar-refractivity contribution in [2.75, 3.05) is 6.54 Å². The summed E-state index contributed by atoms with van der Waals surface area (Å²) in [6.07, 6.45) is 4.49. The van der Waals surface area contributed by atoms with Crippen molar-refractivity contribution in [3.8, 4) is 0 Å². The van der Waals surface area contributed by atoms with Gasteiger partial charge in [-0.3, -0.25) is 0 Å². The van der Waals surface area contributed by atoms with Crippen LogP contribution in [0.3, 0.4) is 0 Å². The predicted molar refractivity (Wildman–Crippen MR) is 100 cm³/mol. The van der Waals surface area contributed by atoms with E-state index in [-0.39, 0.29) is 6.04 Å². The van der Waals surface area contributed by atoms with Gasteiger partial charge in [-0.1, -0.05) is 29.8 Å². The van der Waals surface area contributed by atoms with Crippen molar-refractivity contribution >= 4 is 32.5 Å². The molecule has 0 spiro atoms. The van der Waals surface area contributed by atoms with Crippen LogP contribution in [0.25, 0.3) is 10.9 Å².